The van der Waals surface area contributed by atoms with Crippen molar-refractivity contribution in [3.63, 3.8) is 0 Å². The molecule has 0 amide bonds. The molecule has 0 unspecified atom stereocenters. The van der Waals surface area contributed by atoms with Gasteiger partial charge >= 0.3 is 72.7 Å². The van der Waals surface area contributed by atoms with E-state index in [1.54, 1.807) is 0 Å². The summed E-state index contributed by atoms with van der Waals surface area (Å²) in [6.45, 7) is 0. The van der Waals surface area contributed by atoms with E-state index in [0.717, 1.165) is 0 Å². The first-order valence-corrected chi connectivity index (χ1v) is 12.1. The van der Waals surface area contributed by atoms with Crippen LogP contribution < -0.4 is 0 Å². The molecule has 0 spiro atoms. The average Bonchev–Trinajstić information content (AvgIpc) is 2.83. The second kappa shape index (κ2) is 11.9. The number of hydrogen-bond acceptors (Lipinski definition) is 1. The minimum absolute atomic E-state index is 1.49. The normalized spacial score (nSPS) is 16.9. The first-order valence-electron chi connectivity index (χ1n) is 10.5. The molecule has 0 aliphatic heterocycles. The van der Waals surface area contributed by atoms with Crippen molar-refractivity contribution in [1.82, 2.24) is 0 Å². The van der Waals surface area contributed by atoms with E-state index in [1.165, 1.54) is 0 Å². The summed E-state index contributed by atoms with van der Waals surface area (Å²) in [5, 5.41) is 0. The van der Waals surface area contributed by atoms with Crippen LogP contribution in [0.3, 0.4) is 0 Å². The Morgan fingerprint density at radius 2 is 0.717 bits per heavy atom. The Morgan fingerprint density at radius 1 is 0.435 bits per heavy atom. The molecule has 46 heavy (non-hydrogen) atoms. The highest BCUT2D eigenvalue weighted by atomic mass is 31.2. The first kappa shape index (κ1) is 44.1. The number of unbranched alkanes of at least 4 members (excludes halogenated alkanes) is 1. The van der Waals surface area contributed by atoms with Crippen LogP contribution in [0.4, 0.5) is 110 Å². The number of hydrogen-bond donors (Lipinski definition) is 2. The standard InChI is InChI=1S/C17H10F25O3P/c18-5(7(20,21)3-1-2-4-8(22,23)24)6(19)9(25,26)10(27,28)11(29,30)12(31,32)13(33,34)14(35,36)15(37,38)16(39,40)17(41,42)46(43,44)45/h1-4H2,(H2,43,44,45). The second-order valence-electron chi connectivity index (χ2n) is 8.84. The zero-order valence-corrected chi connectivity index (χ0v) is 21.4. The van der Waals surface area contributed by atoms with E-state index in [1.807, 2.05) is 0 Å². The first-order chi connectivity index (χ1) is 19.5. The molecule has 0 aliphatic rings. The van der Waals surface area contributed by atoms with Gasteiger partial charge in [-0.2, -0.15) is 101 Å². The van der Waals surface area contributed by atoms with Crippen LogP contribution in [0.25, 0.3) is 0 Å². The highest BCUT2D eigenvalue weighted by molar-refractivity contribution is 7.53. The molecule has 0 atom stereocenters. The summed E-state index contributed by atoms with van der Waals surface area (Å²) in [5.41, 5.74) is -8.01. The van der Waals surface area contributed by atoms with Gasteiger partial charge in [0.15, 0.2) is 0 Å². The summed E-state index contributed by atoms with van der Waals surface area (Å²) in [6.07, 6.45) is -12.9. The maximum Gasteiger partial charge on any atom is 0.413 e. The molecule has 0 bridgehead atoms. The van der Waals surface area contributed by atoms with Gasteiger partial charge in [0.1, 0.15) is 0 Å². The lowest BCUT2D eigenvalue weighted by Crippen LogP contribution is -2.76. The summed E-state index contributed by atoms with van der Waals surface area (Å²) in [4.78, 5) is 15.9. The highest BCUT2D eigenvalue weighted by Gasteiger charge is 2.97. The molecule has 0 saturated carbocycles. The van der Waals surface area contributed by atoms with E-state index in [4.69, 9.17) is 9.79 Å². The topological polar surface area (TPSA) is 57.5 Å². The van der Waals surface area contributed by atoms with Gasteiger partial charge in [-0.1, -0.05) is 0 Å². The van der Waals surface area contributed by atoms with Crippen molar-refractivity contribution in [1.29, 1.82) is 0 Å². The van der Waals surface area contributed by atoms with E-state index in [9.17, 15) is 114 Å². The SMILES string of the molecule is O=P(O)(O)C(F)(F)C(F)(F)C(F)(F)C(F)(F)C(F)(F)C(F)(F)C(F)(F)C(F)(F)C(F)(F)C(F)=C(F)C(F)(F)CCCCC(F)(F)F. The molecule has 29 heteroatoms. The predicted molar refractivity (Wildman–Crippen MR) is 95.3 cm³/mol. The van der Waals surface area contributed by atoms with Crippen LogP contribution in [-0.4, -0.2) is 74.9 Å². The second-order valence-corrected chi connectivity index (χ2v) is 10.5. The molecule has 2 N–H and O–H groups in total. The van der Waals surface area contributed by atoms with Crippen LogP contribution >= 0.6 is 7.60 Å². The van der Waals surface area contributed by atoms with Crippen molar-refractivity contribution in [3.8, 4) is 0 Å². The molecule has 0 radical (unpaired) electrons. The third-order valence-corrected chi connectivity index (χ3v) is 6.51. The van der Waals surface area contributed by atoms with Gasteiger partial charge in [0.25, 0.3) is 0 Å². The molecule has 0 rings (SSSR count). The Labute approximate surface area is 235 Å². The van der Waals surface area contributed by atoms with Gasteiger partial charge in [0.05, 0.1) is 0 Å². The quantitative estimate of drug-likeness (QED) is 0.0992. The number of alkyl halides is 23. The molecule has 0 saturated heterocycles. The Hall–Kier alpha value is -1.86. The lowest BCUT2D eigenvalue weighted by molar-refractivity contribution is -0.458. The van der Waals surface area contributed by atoms with Crippen LogP contribution in [0.1, 0.15) is 25.7 Å². The zero-order chi connectivity index (χ0) is 38.0. The summed E-state index contributed by atoms with van der Waals surface area (Å²) in [5.74, 6) is -89.0. The van der Waals surface area contributed by atoms with Crippen LogP contribution in [-0.2, 0) is 4.57 Å². The minimum Gasteiger partial charge on any atom is -0.320 e. The van der Waals surface area contributed by atoms with Crippen molar-refractivity contribution in [2.24, 2.45) is 0 Å². The van der Waals surface area contributed by atoms with Crippen molar-refractivity contribution < 1.29 is 124 Å². The highest BCUT2D eigenvalue weighted by Crippen LogP contribution is 2.69. The van der Waals surface area contributed by atoms with Gasteiger partial charge in [-0.3, -0.25) is 4.57 Å². The van der Waals surface area contributed by atoms with Gasteiger partial charge in [-0.15, -0.1) is 0 Å². The fourth-order valence-electron chi connectivity index (χ4n) is 2.77. The van der Waals surface area contributed by atoms with Crippen molar-refractivity contribution in [3.05, 3.63) is 11.7 Å². The van der Waals surface area contributed by atoms with E-state index in [0.29, 0.717) is 0 Å². The lowest BCUT2D eigenvalue weighted by Gasteiger charge is -2.44. The van der Waals surface area contributed by atoms with Crippen LogP contribution in [0.5, 0.6) is 0 Å². The largest absolute Gasteiger partial charge is 0.413 e. The zero-order valence-electron chi connectivity index (χ0n) is 20.5. The Bertz CT molecular complexity index is 1180. The predicted octanol–water partition coefficient (Wildman–Crippen LogP) is 9.75. The van der Waals surface area contributed by atoms with Gasteiger partial charge in [0.2, 0.25) is 11.7 Å². The summed E-state index contributed by atoms with van der Waals surface area (Å²) in [7, 11) is -8.27. The maximum absolute atomic E-state index is 13.8. The Balaban J connectivity index is 7.06. The van der Waals surface area contributed by atoms with E-state index in [2.05, 4.69) is 0 Å². The third kappa shape index (κ3) is 6.58. The van der Waals surface area contributed by atoms with E-state index < -0.39 is 110 Å². The third-order valence-electron chi connectivity index (χ3n) is 5.49. The maximum atomic E-state index is 13.8. The minimum atomic E-state index is -9.48. The van der Waals surface area contributed by atoms with E-state index >= 15 is 0 Å². The van der Waals surface area contributed by atoms with Gasteiger partial charge < -0.3 is 9.79 Å². The van der Waals surface area contributed by atoms with Crippen LogP contribution in [0.2, 0.25) is 0 Å². The molecule has 0 aliphatic carbocycles. The number of allylic oxidation sites excluding steroid dienone is 2. The molecule has 0 heterocycles. The molecule has 0 fully saturated rings. The lowest BCUT2D eigenvalue weighted by atomic mass is 9.87. The van der Waals surface area contributed by atoms with Crippen molar-refractivity contribution in [2.75, 3.05) is 0 Å². The molecule has 276 valence electrons. The Morgan fingerprint density at radius 3 is 1.02 bits per heavy atom. The molecular formula is C17H10F25O3P. The van der Waals surface area contributed by atoms with Gasteiger partial charge in [-0.25, -0.2) is 8.78 Å². The van der Waals surface area contributed by atoms with E-state index in [-0.39, 0.29) is 0 Å². The van der Waals surface area contributed by atoms with Crippen molar-refractivity contribution in [2.45, 2.75) is 90.8 Å². The summed E-state index contributed by atoms with van der Waals surface area (Å²) in [6, 6.07) is 0. The Kier molecular flexibility index (Phi) is 11.4. The molecule has 0 aromatic heterocycles. The number of halogens is 25. The van der Waals surface area contributed by atoms with Crippen LogP contribution in [0, 0.1) is 0 Å². The molecule has 0 aromatic carbocycles. The average molecular weight is 768 g/mol. The van der Waals surface area contributed by atoms with Gasteiger partial charge in [-0.05, 0) is 12.8 Å². The smallest absolute Gasteiger partial charge is 0.320 e. The summed E-state index contributed by atoms with van der Waals surface area (Å²) < 4.78 is 345. The van der Waals surface area contributed by atoms with Crippen molar-refractivity contribution >= 4 is 7.60 Å². The molecule has 0 aromatic rings. The monoisotopic (exact) mass is 768 g/mol. The summed E-state index contributed by atoms with van der Waals surface area (Å²) >= 11 is 0. The fourth-order valence-corrected chi connectivity index (χ4v) is 3.28. The number of rotatable bonds is 15. The van der Waals surface area contributed by atoms with Gasteiger partial charge in [0, 0.05) is 12.8 Å². The molecular weight excluding hydrogens is 758 g/mol. The fraction of sp³-hybridized carbons (Fsp3) is 0.882. The molecule has 3 nitrogen and oxygen atoms in total. The van der Waals surface area contributed by atoms with Crippen LogP contribution in [0.15, 0.2) is 11.7 Å².